The molecule has 2 aromatic heterocycles. The Hall–Kier alpha value is -2.22. The number of halogens is 1. The Morgan fingerprint density at radius 3 is 2.85 bits per heavy atom. The first-order valence-corrected chi connectivity index (χ1v) is 6.54. The van der Waals surface area contributed by atoms with Gasteiger partial charge in [0.15, 0.2) is 11.6 Å². The van der Waals surface area contributed by atoms with Gasteiger partial charge in [0, 0.05) is 10.0 Å². The van der Waals surface area contributed by atoms with E-state index in [2.05, 4.69) is 31.2 Å². The zero-order valence-electron chi connectivity index (χ0n) is 10.4. The predicted molar refractivity (Wildman–Crippen MR) is 72.0 cm³/mol. The maximum atomic E-state index is 11.7. The fourth-order valence-corrected chi connectivity index (χ4v) is 2.18. The van der Waals surface area contributed by atoms with E-state index < -0.39 is 5.76 Å². The molecule has 0 amide bonds. The van der Waals surface area contributed by atoms with Crippen LogP contribution >= 0.6 is 15.9 Å². The van der Waals surface area contributed by atoms with Gasteiger partial charge in [-0.2, -0.15) is 4.98 Å². The van der Waals surface area contributed by atoms with Crippen LogP contribution in [0.5, 0.6) is 0 Å². The second kappa shape index (κ2) is 5.04. The van der Waals surface area contributed by atoms with Gasteiger partial charge in [-0.15, -0.1) is 0 Å². The Labute approximate surface area is 121 Å². The zero-order valence-corrected chi connectivity index (χ0v) is 12.0. The molecule has 20 heavy (non-hydrogen) atoms. The van der Waals surface area contributed by atoms with Crippen LogP contribution in [0.4, 0.5) is 0 Å². The molecule has 2 heterocycles. The maximum Gasteiger partial charge on any atom is 0.442 e. The molecule has 0 saturated heterocycles. The van der Waals surface area contributed by atoms with Crippen molar-refractivity contribution in [2.45, 2.75) is 13.5 Å². The van der Waals surface area contributed by atoms with Gasteiger partial charge in [-0.25, -0.2) is 9.36 Å². The van der Waals surface area contributed by atoms with Crippen LogP contribution in [0.2, 0.25) is 0 Å². The van der Waals surface area contributed by atoms with Crippen molar-refractivity contribution in [1.29, 1.82) is 0 Å². The molecule has 1 aromatic carbocycles. The van der Waals surface area contributed by atoms with Crippen molar-refractivity contribution in [3.8, 4) is 11.4 Å². The summed E-state index contributed by atoms with van der Waals surface area (Å²) < 4.78 is 12.0. The van der Waals surface area contributed by atoms with Crippen LogP contribution < -0.4 is 5.76 Å². The van der Waals surface area contributed by atoms with Crippen LogP contribution in [-0.2, 0) is 6.54 Å². The third-order valence-electron chi connectivity index (χ3n) is 2.63. The molecule has 3 rings (SSSR count). The number of nitrogens with zero attached hydrogens (tertiary/aromatic N) is 4. The van der Waals surface area contributed by atoms with Gasteiger partial charge in [0.25, 0.3) is 0 Å². The van der Waals surface area contributed by atoms with Crippen molar-refractivity contribution in [2.75, 3.05) is 0 Å². The molecule has 0 aliphatic rings. The van der Waals surface area contributed by atoms with E-state index in [0.29, 0.717) is 17.5 Å². The van der Waals surface area contributed by atoms with Crippen LogP contribution in [0.1, 0.15) is 11.7 Å². The van der Waals surface area contributed by atoms with Crippen LogP contribution in [-0.4, -0.2) is 19.9 Å². The number of hydrogen-bond donors (Lipinski definition) is 0. The third-order valence-corrected chi connectivity index (χ3v) is 3.13. The fraction of sp³-hybridized carbons (Fsp3) is 0.167. The quantitative estimate of drug-likeness (QED) is 0.727. The van der Waals surface area contributed by atoms with Gasteiger partial charge in [0.05, 0.1) is 0 Å². The van der Waals surface area contributed by atoms with Gasteiger partial charge in [0.1, 0.15) is 6.54 Å². The highest BCUT2D eigenvalue weighted by Crippen LogP contribution is 2.20. The molecule has 0 atom stereocenters. The van der Waals surface area contributed by atoms with E-state index >= 15 is 0 Å². The van der Waals surface area contributed by atoms with Crippen LogP contribution in [0.25, 0.3) is 11.4 Å². The summed E-state index contributed by atoms with van der Waals surface area (Å²) in [5.41, 5.74) is 0.751. The van der Waals surface area contributed by atoms with E-state index in [4.69, 9.17) is 9.05 Å². The van der Waals surface area contributed by atoms with E-state index in [1.807, 2.05) is 24.3 Å². The highest BCUT2D eigenvalue weighted by molar-refractivity contribution is 9.10. The lowest BCUT2D eigenvalue weighted by atomic mass is 10.2. The Morgan fingerprint density at radius 2 is 2.15 bits per heavy atom. The normalized spacial score (nSPS) is 10.9. The zero-order chi connectivity index (χ0) is 14.1. The smallest absolute Gasteiger partial charge is 0.337 e. The first-order chi connectivity index (χ1) is 9.63. The first kappa shape index (κ1) is 12.8. The van der Waals surface area contributed by atoms with Crippen LogP contribution in [0.3, 0.4) is 0 Å². The predicted octanol–water partition coefficient (Wildman–Crippen LogP) is 2.01. The highest BCUT2D eigenvalue weighted by atomic mass is 79.9. The summed E-state index contributed by atoms with van der Waals surface area (Å²) in [5, 5.41) is 7.48. The first-order valence-electron chi connectivity index (χ1n) is 5.75. The lowest BCUT2D eigenvalue weighted by Gasteiger charge is -2.01. The topological polar surface area (TPSA) is 87.0 Å². The van der Waals surface area contributed by atoms with Crippen molar-refractivity contribution in [2.24, 2.45) is 0 Å². The van der Waals surface area contributed by atoms with Crippen molar-refractivity contribution in [3.63, 3.8) is 0 Å². The molecule has 0 bridgehead atoms. The van der Waals surface area contributed by atoms with E-state index in [1.54, 1.807) is 6.92 Å². The average Bonchev–Trinajstić information content (AvgIpc) is 2.98. The van der Waals surface area contributed by atoms with Crippen molar-refractivity contribution < 1.29 is 9.05 Å². The molecule has 0 radical (unpaired) electrons. The summed E-state index contributed by atoms with van der Waals surface area (Å²) in [6.45, 7) is 1.82. The molecule has 0 aliphatic heterocycles. The third kappa shape index (κ3) is 2.42. The minimum Gasteiger partial charge on any atom is -0.337 e. The number of aryl methyl sites for hydroxylation is 1. The largest absolute Gasteiger partial charge is 0.442 e. The molecule has 8 heteroatoms. The molecular weight excluding hydrogens is 328 g/mol. The van der Waals surface area contributed by atoms with E-state index in [-0.39, 0.29) is 6.54 Å². The summed E-state index contributed by atoms with van der Waals surface area (Å²) in [6, 6.07) is 7.40. The number of rotatable bonds is 3. The van der Waals surface area contributed by atoms with Crippen LogP contribution in [0.15, 0.2) is 42.6 Å². The summed E-state index contributed by atoms with van der Waals surface area (Å²) >= 11 is 3.37. The molecule has 0 unspecified atom stereocenters. The highest BCUT2D eigenvalue weighted by Gasteiger charge is 2.16. The van der Waals surface area contributed by atoms with Gasteiger partial charge in [-0.1, -0.05) is 38.4 Å². The number of benzene rings is 1. The monoisotopic (exact) mass is 336 g/mol. The van der Waals surface area contributed by atoms with E-state index in [9.17, 15) is 4.79 Å². The lowest BCUT2D eigenvalue weighted by Crippen LogP contribution is -2.16. The summed E-state index contributed by atoms with van der Waals surface area (Å²) in [5.74, 6) is 0.667. The Balaban J connectivity index is 2.03. The molecule has 3 aromatic rings. The Kier molecular flexibility index (Phi) is 3.23. The Bertz CT molecular complexity index is 805. The van der Waals surface area contributed by atoms with Gasteiger partial charge >= 0.3 is 5.76 Å². The number of aromatic nitrogens is 4. The van der Waals surface area contributed by atoms with Gasteiger partial charge in [-0.3, -0.25) is 4.52 Å². The van der Waals surface area contributed by atoms with Crippen molar-refractivity contribution >= 4 is 15.9 Å². The SMILES string of the molecule is Cc1noc(Cn2c(-c3cccc(Br)c3)noc2=O)n1. The van der Waals surface area contributed by atoms with Gasteiger partial charge < -0.3 is 4.52 Å². The minimum atomic E-state index is -0.573. The molecule has 7 nitrogen and oxygen atoms in total. The molecule has 102 valence electrons. The fourth-order valence-electron chi connectivity index (χ4n) is 1.78. The molecule has 0 N–H and O–H groups in total. The minimum absolute atomic E-state index is 0.116. The van der Waals surface area contributed by atoms with Crippen LogP contribution in [0, 0.1) is 6.92 Å². The summed E-state index contributed by atoms with van der Waals surface area (Å²) in [4.78, 5) is 15.8. The van der Waals surface area contributed by atoms with Gasteiger partial charge in [-0.05, 0) is 19.1 Å². The van der Waals surface area contributed by atoms with Crippen molar-refractivity contribution in [3.05, 3.63) is 51.0 Å². The molecule has 0 spiro atoms. The van der Waals surface area contributed by atoms with E-state index in [0.717, 1.165) is 10.0 Å². The second-order valence-corrected chi connectivity index (χ2v) is 5.02. The maximum absolute atomic E-state index is 11.7. The second-order valence-electron chi connectivity index (χ2n) is 4.10. The van der Waals surface area contributed by atoms with Gasteiger partial charge in [0.2, 0.25) is 5.89 Å². The molecule has 0 saturated carbocycles. The molecular formula is C12H9BrN4O3. The summed E-state index contributed by atoms with van der Waals surface area (Å²) in [7, 11) is 0. The number of hydrogen-bond acceptors (Lipinski definition) is 6. The average molecular weight is 337 g/mol. The molecule has 0 aliphatic carbocycles. The van der Waals surface area contributed by atoms with E-state index in [1.165, 1.54) is 4.57 Å². The van der Waals surface area contributed by atoms with Crippen molar-refractivity contribution in [1.82, 2.24) is 19.9 Å². The standard InChI is InChI=1S/C12H9BrN4O3/c1-7-14-10(19-15-7)6-17-11(16-20-12(17)18)8-3-2-4-9(13)5-8/h2-5H,6H2,1H3. The summed E-state index contributed by atoms with van der Waals surface area (Å²) in [6.07, 6.45) is 0. The Morgan fingerprint density at radius 1 is 1.30 bits per heavy atom. The molecule has 0 fully saturated rings. The lowest BCUT2D eigenvalue weighted by molar-refractivity contribution is 0.352.